The molecule has 0 radical (unpaired) electrons. The van der Waals surface area contributed by atoms with Gasteiger partial charge in [0.15, 0.2) is 5.11 Å². The third-order valence-corrected chi connectivity index (χ3v) is 4.91. The van der Waals surface area contributed by atoms with Crippen LogP contribution in [0.25, 0.3) is 10.8 Å². The van der Waals surface area contributed by atoms with Crippen LogP contribution in [0.3, 0.4) is 0 Å². The van der Waals surface area contributed by atoms with Crippen LogP contribution >= 0.6 is 12.2 Å². The lowest BCUT2D eigenvalue weighted by Crippen LogP contribution is -2.34. The molecule has 0 spiro atoms. The lowest BCUT2D eigenvalue weighted by atomic mass is 9.93. The summed E-state index contributed by atoms with van der Waals surface area (Å²) in [5.74, 6) is 0. The van der Waals surface area contributed by atoms with Gasteiger partial charge >= 0.3 is 0 Å². The molecular weight excluding hydrogens is 316 g/mol. The first-order valence-electron chi connectivity index (χ1n) is 8.28. The fourth-order valence-corrected chi connectivity index (χ4v) is 3.71. The maximum absolute atomic E-state index is 5.53. The van der Waals surface area contributed by atoms with E-state index in [-0.39, 0.29) is 6.04 Å². The van der Waals surface area contributed by atoms with E-state index in [4.69, 9.17) is 12.2 Å². The van der Waals surface area contributed by atoms with Crippen molar-refractivity contribution in [3.8, 4) is 0 Å². The minimum atomic E-state index is 0.239. The van der Waals surface area contributed by atoms with Crippen LogP contribution < -0.4 is 10.6 Å². The van der Waals surface area contributed by atoms with E-state index < -0.39 is 0 Å². The molecule has 4 nitrogen and oxygen atoms in total. The Morgan fingerprint density at radius 1 is 1.21 bits per heavy atom. The summed E-state index contributed by atoms with van der Waals surface area (Å²) in [5, 5.41) is 14.2. The second-order valence-corrected chi connectivity index (χ2v) is 6.68. The molecule has 2 N–H and O–H groups in total. The Labute approximate surface area is 146 Å². The molecule has 1 atom stereocenters. The summed E-state index contributed by atoms with van der Waals surface area (Å²) < 4.78 is 1.98. The molecule has 0 saturated carbocycles. The zero-order valence-electron chi connectivity index (χ0n) is 13.6. The summed E-state index contributed by atoms with van der Waals surface area (Å²) in [5.41, 5.74) is 3.59. The van der Waals surface area contributed by atoms with Gasteiger partial charge in [-0.3, -0.25) is 4.68 Å². The molecule has 0 aliphatic heterocycles. The van der Waals surface area contributed by atoms with E-state index in [0.29, 0.717) is 5.11 Å². The molecule has 4 rings (SSSR count). The highest BCUT2D eigenvalue weighted by Gasteiger charge is 2.23. The van der Waals surface area contributed by atoms with Crippen LogP contribution in [0.4, 0.5) is 5.69 Å². The van der Waals surface area contributed by atoms with Crippen LogP contribution in [0, 0.1) is 0 Å². The first-order chi connectivity index (χ1) is 11.7. The number of thiocarbonyl (C=S) groups is 1. The van der Waals surface area contributed by atoms with Gasteiger partial charge in [0.25, 0.3) is 0 Å². The number of nitrogens with one attached hydrogen (secondary N) is 2. The van der Waals surface area contributed by atoms with Gasteiger partial charge < -0.3 is 10.6 Å². The van der Waals surface area contributed by atoms with Crippen molar-refractivity contribution in [1.82, 2.24) is 15.1 Å². The maximum atomic E-state index is 5.53. The summed E-state index contributed by atoms with van der Waals surface area (Å²) in [6.07, 6.45) is 5.29. The topological polar surface area (TPSA) is 41.9 Å². The van der Waals surface area contributed by atoms with E-state index in [1.165, 1.54) is 22.0 Å². The summed E-state index contributed by atoms with van der Waals surface area (Å²) in [7, 11) is 2.01. The van der Waals surface area contributed by atoms with E-state index in [2.05, 4.69) is 58.2 Å². The SMILES string of the molecule is Cn1ncc2c1CCCC2NC(=S)Nc1ccc2ccccc2c1. The second-order valence-electron chi connectivity index (χ2n) is 6.28. The molecule has 3 aromatic rings. The summed E-state index contributed by atoms with van der Waals surface area (Å²) >= 11 is 5.53. The van der Waals surface area contributed by atoms with Crippen LogP contribution in [0.5, 0.6) is 0 Å². The van der Waals surface area contributed by atoms with Crippen LogP contribution in [-0.2, 0) is 13.5 Å². The molecule has 5 heteroatoms. The molecule has 0 saturated heterocycles. The summed E-state index contributed by atoms with van der Waals surface area (Å²) in [6.45, 7) is 0. The monoisotopic (exact) mass is 336 g/mol. The third-order valence-electron chi connectivity index (χ3n) is 4.69. The number of aromatic nitrogens is 2. The normalized spacial score (nSPS) is 16.6. The van der Waals surface area contributed by atoms with E-state index >= 15 is 0 Å². The molecule has 0 fully saturated rings. The standard InChI is InChI=1S/C19H20N4S/c1-23-18-8-4-7-17(16(18)12-20-23)22-19(24)21-15-10-9-13-5-2-3-6-14(13)11-15/h2-3,5-6,9-12,17H,4,7-8H2,1H3,(H2,21,22,24). The quantitative estimate of drug-likeness (QED) is 0.696. The Morgan fingerprint density at radius 2 is 2.04 bits per heavy atom. The van der Waals surface area contributed by atoms with Crippen LogP contribution in [-0.4, -0.2) is 14.9 Å². The molecule has 2 aromatic carbocycles. The highest BCUT2D eigenvalue weighted by Crippen LogP contribution is 2.29. The average molecular weight is 336 g/mol. The Kier molecular flexibility index (Phi) is 3.94. The van der Waals surface area contributed by atoms with Crippen LogP contribution in [0.1, 0.15) is 30.1 Å². The lowest BCUT2D eigenvalue weighted by Gasteiger charge is -2.25. The Balaban J connectivity index is 1.48. The van der Waals surface area contributed by atoms with Gasteiger partial charge in [0.2, 0.25) is 0 Å². The number of aryl methyl sites for hydroxylation is 1. The van der Waals surface area contributed by atoms with Gasteiger partial charge in [-0.1, -0.05) is 30.3 Å². The van der Waals surface area contributed by atoms with Gasteiger partial charge in [0.1, 0.15) is 0 Å². The maximum Gasteiger partial charge on any atom is 0.171 e. The fraction of sp³-hybridized carbons (Fsp3) is 0.263. The van der Waals surface area contributed by atoms with Crippen molar-refractivity contribution in [2.24, 2.45) is 7.05 Å². The largest absolute Gasteiger partial charge is 0.356 e. The van der Waals surface area contributed by atoms with E-state index in [9.17, 15) is 0 Å². The number of hydrogen-bond acceptors (Lipinski definition) is 2. The molecule has 1 heterocycles. The zero-order valence-corrected chi connectivity index (χ0v) is 14.4. The summed E-state index contributed by atoms with van der Waals surface area (Å²) in [4.78, 5) is 0. The number of rotatable bonds is 2. The average Bonchev–Trinajstić information content (AvgIpc) is 2.97. The third kappa shape index (κ3) is 2.87. The van der Waals surface area contributed by atoms with Gasteiger partial charge in [-0.05, 0) is 54.4 Å². The van der Waals surface area contributed by atoms with Crippen molar-refractivity contribution in [1.29, 1.82) is 0 Å². The second kappa shape index (κ2) is 6.24. The molecule has 1 aliphatic rings. The predicted octanol–water partition coefficient (Wildman–Crippen LogP) is 3.94. The fourth-order valence-electron chi connectivity index (χ4n) is 3.45. The molecule has 1 aliphatic carbocycles. The zero-order chi connectivity index (χ0) is 16.5. The van der Waals surface area contributed by atoms with E-state index in [1.54, 1.807) is 0 Å². The Bertz CT molecular complexity index is 899. The van der Waals surface area contributed by atoms with Crippen molar-refractivity contribution < 1.29 is 0 Å². The van der Waals surface area contributed by atoms with Gasteiger partial charge in [-0.15, -0.1) is 0 Å². The number of nitrogens with zero attached hydrogens (tertiary/aromatic N) is 2. The molecule has 122 valence electrons. The molecule has 1 unspecified atom stereocenters. The number of fused-ring (bicyclic) bond motifs is 2. The molecule has 1 aromatic heterocycles. The molecule has 0 amide bonds. The van der Waals surface area contributed by atoms with Crippen molar-refractivity contribution in [3.05, 3.63) is 59.9 Å². The van der Waals surface area contributed by atoms with Crippen molar-refractivity contribution in [2.75, 3.05) is 5.32 Å². The highest BCUT2D eigenvalue weighted by molar-refractivity contribution is 7.80. The van der Waals surface area contributed by atoms with Crippen molar-refractivity contribution >= 4 is 33.8 Å². The van der Waals surface area contributed by atoms with Gasteiger partial charge in [-0.25, -0.2) is 0 Å². The highest BCUT2D eigenvalue weighted by atomic mass is 32.1. The lowest BCUT2D eigenvalue weighted by molar-refractivity contribution is 0.514. The van der Waals surface area contributed by atoms with Gasteiger partial charge in [0.05, 0.1) is 12.2 Å². The Morgan fingerprint density at radius 3 is 2.92 bits per heavy atom. The number of anilines is 1. The van der Waals surface area contributed by atoms with Crippen LogP contribution in [0.15, 0.2) is 48.7 Å². The predicted molar refractivity (Wildman–Crippen MR) is 102 cm³/mol. The van der Waals surface area contributed by atoms with E-state index in [0.717, 1.165) is 24.9 Å². The van der Waals surface area contributed by atoms with Crippen LogP contribution in [0.2, 0.25) is 0 Å². The Hall–Kier alpha value is -2.40. The first-order valence-corrected chi connectivity index (χ1v) is 8.68. The smallest absolute Gasteiger partial charge is 0.171 e. The minimum Gasteiger partial charge on any atom is -0.356 e. The minimum absolute atomic E-state index is 0.239. The van der Waals surface area contributed by atoms with Gasteiger partial charge in [-0.2, -0.15) is 5.10 Å². The van der Waals surface area contributed by atoms with E-state index in [1.807, 2.05) is 17.9 Å². The molecule has 24 heavy (non-hydrogen) atoms. The number of hydrogen-bond donors (Lipinski definition) is 2. The van der Waals surface area contributed by atoms with Crippen molar-refractivity contribution in [2.45, 2.75) is 25.3 Å². The summed E-state index contributed by atoms with van der Waals surface area (Å²) in [6, 6.07) is 14.9. The van der Waals surface area contributed by atoms with Gasteiger partial charge in [0, 0.05) is 24.0 Å². The van der Waals surface area contributed by atoms with Crippen molar-refractivity contribution in [3.63, 3.8) is 0 Å². The first kappa shape index (κ1) is 15.1. The molecule has 0 bridgehead atoms. The number of benzene rings is 2. The molecular formula is C19H20N4S.